The molecule has 1 fully saturated rings. The number of alkyl halides is 3. The van der Waals surface area contributed by atoms with Crippen molar-refractivity contribution in [3.05, 3.63) is 57.3 Å². The molecular formula is C22H21Cl2F3N4O. The summed E-state index contributed by atoms with van der Waals surface area (Å²) in [5.74, 6) is 0.266. The van der Waals surface area contributed by atoms with Crippen LogP contribution < -0.4 is 4.90 Å². The third-order valence-corrected chi connectivity index (χ3v) is 7.02. The number of rotatable bonds is 3. The summed E-state index contributed by atoms with van der Waals surface area (Å²) in [6, 6.07) is 8.37. The molecule has 32 heavy (non-hydrogen) atoms. The van der Waals surface area contributed by atoms with E-state index < -0.39 is 16.9 Å². The number of nitrogens with one attached hydrogen (secondary N) is 1. The summed E-state index contributed by atoms with van der Waals surface area (Å²) in [5, 5.41) is 11.6. The Morgan fingerprint density at radius 3 is 2.72 bits per heavy atom. The molecule has 3 aromatic rings. The first-order valence-electron chi connectivity index (χ1n) is 10.4. The van der Waals surface area contributed by atoms with Gasteiger partial charge in [0.05, 0.1) is 17.7 Å². The van der Waals surface area contributed by atoms with Gasteiger partial charge in [-0.1, -0.05) is 23.2 Å². The first-order chi connectivity index (χ1) is 15.3. The van der Waals surface area contributed by atoms with E-state index in [1.807, 2.05) is 23.1 Å². The van der Waals surface area contributed by atoms with Crippen molar-refractivity contribution in [2.75, 3.05) is 31.1 Å². The quantitative estimate of drug-likeness (QED) is 0.545. The van der Waals surface area contributed by atoms with Crippen molar-refractivity contribution in [2.24, 2.45) is 0 Å². The number of halogens is 5. The van der Waals surface area contributed by atoms with Crippen molar-refractivity contribution in [1.29, 1.82) is 0 Å². The van der Waals surface area contributed by atoms with Gasteiger partial charge in [0.15, 0.2) is 5.69 Å². The van der Waals surface area contributed by atoms with Crippen molar-refractivity contribution < 1.29 is 18.3 Å². The smallest absolute Gasteiger partial charge is 0.394 e. The average molecular weight is 485 g/mol. The molecule has 2 aromatic heterocycles. The van der Waals surface area contributed by atoms with Crippen molar-refractivity contribution in [1.82, 2.24) is 14.9 Å². The number of benzene rings is 1. The molecule has 5 nitrogen and oxygen atoms in total. The number of aliphatic hydroxyl groups excluding tert-OH is 1. The lowest BCUT2D eigenvalue weighted by atomic mass is 9.95. The first kappa shape index (κ1) is 21.8. The predicted octanol–water partition coefficient (Wildman–Crippen LogP) is 5.06. The fourth-order valence-electron chi connectivity index (χ4n) is 5.02. The van der Waals surface area contributed by atoms with Gasteiger partial charge in [-0.15, -0.1) is 0 Å². The Hall–Kier alpha value is -2.00. The van der Waals surface area contributed by atoms with E-state index in [9.17, 15) is 18.3 Å². The van der Waals surface area contributed by atoms with Crippen LogP contribution in [0.4, 0.5) is 19.0 Å². The van der Waals surface area contributed by atoms with Crippen LogP contribution in [0.3, 0.4) is 0 Å². The summed E-state index contributed by atoms with van der Waals surface area (Å²) in [4.78, 5) is 11.3. The van der Waals surface area contributed by atoms with E-state index in [-0.39, 0.29) is 24.5 Å². The zero-order valence-corrected chi connectivity index (χ0v) is 18.5. The highest BCUT2D eigenvalue weighted by molar-refractivity contribution is 6.31. The van der Waals surface area contributed by atoms with Gasteiger partial charge in [-0.3, -0.25) is 4.90 Å². The lowest BCUT2D eigenvalue weighted by Gasteiger charge is -2.39. The van der Waals surface area contributed by atoms with Crippen LogP contribution in [0.5, 0.6) is 0 Å². The topological polar surface area (TPSA) is 55.4 Å². The summed E-state index contributed by atoms with van der Waals surface area (Å²) in [7, 11) is 0. The molecular weight excluding hydrogens is 464 g/mol. The minimum atomic E-state index is -4.60. The van der Waals surface area contributed by atoms with E-state index in [1.165, 1.54) is 17.7 Å². The lowest BCUT2D eigenvalue weighted by molar-refractivity contribution is -0.141. The molecule has 170 valence electrons. The number of nitrogens with zero attached hydrogens (tertiary/aromatic N) is 3. The Morgan fingerprint density at radius 1 is 1.16 bits per heavy atom. The Kier molecular flexibility index (Phi) is 5.52. The molecule has 2 atom stereocenters. The zero-order chi connectivity index (χ0) is 22.6. The van der Waals surface area contributed by atoms with Crippen LogP contribution in [0.1, 0.15) is 29.4 Å². The van der Waals surface area contributed by atoms with E-state index in [2.05, 4.69) is 14.9 Å². The van der Waals surface area contributed by atoms with Gasteiger partial charge < -0.3 is 15.0 Å². The highest BCUT2D eigenvalue weighted by atomic mass is 35.5. The van der Waals surface area contributed by atoms with Crippen LogP contribution in [0.25, 0.3) is 10.9 Å². The van der Waals surface area contributed by atoms with Crippen LogP contribution in [0, 0.1) is 0 Å². The lowest BCUT2D eigenvalue weighted by Crippen LogP contribution is -2.45. The summed E-state index contributed by atoms with van der Waals surface area (Å²) < 4.78 is 39.7. The van der Waals surface area contributed by atoms with Gasteiger partial charge in [0, 0.05) is 47.3 Å². The van der Waals surface area contributed by atoms with Crippen LogP contribution >= 0.6 is 23.2 Å². The molecule has 2 N–H and O–H groups in total. The fraction of sp³-hybridized carbons (Fsp3) is 0.409. The van der Waals surface area contributed by atoms with Gasteiger partial charge in [0.1, 0.15) is 5.82 Å². The summed E-state index contributed by atoms with van der Waals surface area (Å²) in [5.41, 5.74) is 2.07. The summed E-state index contributed by atoms with van der Waals surface area (Å²) in [6.07, 6.45) is -3.03. The molecule has 0 spiro atoms. The largest absolute Gasteiger partial charge is 0.434 e. The number of pyridine rings is 1. The van der Waals surface area contributed by atoms with E-state index in [0.717, 1.165) is 36.0 Å². The molecule has 2 aliphatic heterocycles. The van der Waals surface area contributed by atoms with Gasteiger partial charge in [-0.2, -0.15) is 13.2 Å². The Balaban J connectivity index is 1.39. The zero-order valence-electron chi connectivity index (χ0n) is 17.0. The number of hydrogen-bond donors (Lipinski definition) is 2. The molecule has 10 heteroatoms. The maximum atomic E-state index is 13.2. The van der Waals surface area contributed by atoms with Gasteiger partial charge in [-0.25, -0.2) is 4.98 Å². The molecule has 2 unspecified atom stereocenters. The first-order valence-corrected chi connectivity index (χ1v) is 11.2. The van der Waals surface area contributed by atoms with Gasteiger partial charge in [0.2, 0.25) is 0 Å². The minimum absolute atomic E-state index is 0.0541. The molecule has 2 aliphatic rings. The molecule has 0 aliphatic carbocycles. The van der Waals surface area contributed by atoms with Crippen molar-refractivity contribution in [3.8, 4) is 0 Å². The second-order valence-electron chi connectivity index (χ2n) is 8.28. The van der Waals surface area contributed by atoms with E-state index in [4.69, 9.17) is 23.2 Å². The Bertz CT molecular complexity index is 1170. The molecule has 0 saturated carbocycles. The second-order valence-corrected chi connectivity index (χ2v) is 9.12. The van der Waals surface area contributed by atoms with E-state index in [1.54, 1.807) is 0 Å². The number of H-pyrrole nitrogens is 1. The molecule has 0 radical (unpaired) electrons. The number of hydrogen-bond acceptors (Lipinski definition) is 4. The van der Waals surface area contributed by atoms with Gasteiger partial charge >= 0.3 is 6.18 Å². The summed E-state index contributed by atoms with van der Waals surface area (Å²) >= 11 is 11.9. The second kappa shape index (κ2) is 8.09. The van der Waals surface area contributed by atoms with Crippen LogP contribution in [0.2, 0.25) is 10.0 Å². The molecule has 5 rings (SSSR count). The highest BCUT2D eigenvalue weighted by Crippen LogP contribution is 2.39. The minimum Gasteiger partial charge on any atom is -0.394 e. The van der Waals surface area contributed by atoms with Gasteiger partial charge in [-0.05, 0) is 48.7 Å². The third kappa shape index (κ3) is 3.73. The van der Waals surface area contributed by atoms with E-state index >= 15 is 0 Å². The molecule has 1 saturated heterocycles. The van der Waals surface area contributed by atoms with Crippen molar-refractivity contribution in [3.63, 3.8) is 0 Å². The Morgan fingerprint density at radius 2 is 1.97 bits per heavy atom. The van der Waals surface area contributed by atoms with Crippen LogP contribution in [0.15, 0.2) is 30.3 Å². The molecule has 4 heterocycles. The average Bonchev–Trinajstić information content (AvgIpc) is 3.37. The van der Waals surface area contributed by atoms with Crippen molar-refractivity contribution >= 4 is 39.9 Å². The SMILES string of the molecule is OCC1c2[nH]c3ccc(Cl)cc3c2CCN1C1CCN(c2ccc(Cl)c(C(F)(F)F)n2)C1. The maximum absolute atomic E-state index is 13.2. The standard InChI is InChI=1S/C22H21Cl2F3N4O/c23-12-1-3-17-15(9-12)14-6-8-31(18(11-32)20(14)28-17)13-5-7-30(10-13)19-4-2-16(24)21(29-19)22(25,26)27/h1-4,9,13,18,28,32H,5-8,10-11H2. The molecule has 0 bridgehead atoms. The number of aromatic nitrogens is 2. The third-order valence-electron chi connectivity index (χ3n) is 6.48. The number of anilines is 1. The highest BCUT2D eigenvalue weighted by Gasteiger charge is 2.39. The molecule has 1 aromatic carbocycles. The van der Waals surface area contributed by atoms with Crippen LogP contribution in [-0.2, 0) is 12.6 Å². The monoisotopic (exact) mass is 484 g/mol. The normalized spacial score (nSPS) is 22.0. The predicted molar refractivity (Wildman–Crippen MR) is 118 cm³/mol. The van der Waals surface area contributed by atoms with Crippen molar-refractivity contribution in [2.45, 2.75) is 31.1 Å². The number of fused-ring (bicyclic) bond motifs is 3. The van der Waals surface area contributed by atoms with Crippen LogP contribution in [-0.4, -0.2) is 52.3 Å². The number of aromatic amines is 1. The number of aliphatic hydroxyl groups is 1. The molecule has 0 amide bonds. The maximum Gasteiger partial charge on any atom is 0.434 e. The summed E-state index contributed by atoms with van der Waals surface area (Å²) in [6.45, 7) is 1.81. The fourth-order valence-corrected chi connectivity index (χ4v) is 5.40. The van der Waals surface area contributed by atoms with E-state index in [0.29, 0.717) is 18.1 Å². The Labute approximate surface area is 192 Å². The van der Waals surface area contributed by atoms with Gasteiger partial charge in [0.25, 0.3) is 0 Å².